The third-order valence-corrected chi connectivity index (χ3v) is 2.40. The number of benzene rings is 1. The van der Waals surface area contributed by atoms with E-state index >= 15 is 0 Å². The molecular weight excluding hydrogens is 204 g/mol. The summed E-state index contributed by atoms with van der Waals surface area (Å²) < 4.78 is 4.53. The standard InChI is InChI=1S/C13H16O3/c1-10(14)16-12(15)9-13(2,3)11-7-5-4-6-8-11/h4-8H,9H2,1-3H3. The van der Waals surface area contributed by atoms with Crippen molar-refractivity contribution in [3.8, 4) is 0 Å². The molecule has 0 radical (unpaired) electrons. The molecular formula is C13H16O3. The maximum absolute atomic E-state index is 11.4. The Balaban J connectivity index is 2.72. The van der Waals surface area contributed by atoms with Crippen molar-refractivity contribution in [3.63, 3.8) is 0 Å². The summed E-state index contributed by atoms with van der Waals surface area (Å²) in [6.07, 6.45) is 0.191. The van der Waals surface area contributed by atoms with E-state index in [0.29, 0.717) is 0 Å². The fraction of sp³-hybridized carbons (Fsp3) is 0.385. The Labute approximate surface area is 95.4 Å². The molecule has 0 N–H and O–H groups in total. The fourth-order valence-electron chi connectivity index (χ4n) is 1.55. The first-order chi connectivity index (χ1) is 7.42. The van der Waals surface area contributed by atoms with Gasteiger partial charge in [-0.05, 0) is 5.56 Å². The predicted octanol–water partition coefficient (Wildman–Crippen LogP) is 2.44. The van der Waals surface area contributed by atoms with Crippen molar-refractivity contribution in [2.45, 2.75) is 32.6 Å². The molecule has 0 atom stereocenters. The van der Waals surface area contributed by atoms with Gasteiger partial charge in [-0.15, -0.1) is 0 Å². The zero-order valence-electron chi connectivity index (χ0n) is 9.82. The minimum absolute atomic E-state index is 0.191. The van der Waals surface area contributed by atoms with Gasteiger partial charge in [-0.1, -0.05) is 44.2 Å². The van der Waals surface area contributed by atoms with Crippen LogP contribution in [0, 0.1) is 0 Å². The summed E-state index contributed by atoms with van der Waals surface area (Å²) in [6, 6.07) is 9.69. The molecule has 0 aromatic heterocycles. The summed E-state index contributed by atoms with van der Waals surface area (Å²) in [4.78, 5) is 22.0. The van der Waals surface area contributed by atoms with Gasteiger partial charge in [-0.3, -0.25) is 9.59 Å². The highest BCUT2D eigenvalue weighted by atomic mass is 16.6. The minimum atomic E-state index is -0.561. The highest BCUT2D eigenvalue weighted by Crippen LogP contribution is 2.26. The highest BCUT2D eigenvalue weighted by molar-refractivity contribution is 5.84. The average Bonchev–Trinajstić information content (AvgIpc) is 2.16. The van der Waals surface area contributed by atoms with Crippen LogP contribution in [0.5, 0.6) is 0 Å². The predicted molar refractivity (Wildman–Crippen MR) is 60.9 cm³/mol. The smallest absolute Gasteiger partial charge is 0.314 e. The van der Waals surface area contributed by atoms with E-state index in [1.807, 2.05) is 44.2 Å². The first-order valence-electron chi connectivity index (χ1n) is 5.18. The van der Waals surface area contributed by atoms with Crippen LogP contribution in [0.4, 0.5) is 0 Å². The number of rotatable bonds is 3. The lowest BCUT2D eigenvalue weighted by atomic mass is 9.82. The van der Waals surface area contributed by atoms with Crippen molar-refractivity contribution >= 4 is 11.9 Å². The summed E-state index contributed by atoms with van der Waals surface area (Å²) in [5.74, 6) is -1.05. The first-order valence-corrected chi connectivity index (χ1v) is 5.18. The van der Waals surface area contributed by atoms with Crippen LogP contribution < -0.4 is 0 Å². The summed E-state index contributed by atoms with van der Waals surface area (Å²) in [6.45, 7) is 5.13. The molecule has 0 amide bonds. The second-order valence-corrected chi connectivity index (χ2v) is 4.39. The Hall–Kier alpha value is -1.64. The van der Waals surface area contributed by atoms with Crippen molar-refractivity contribution in [3.05, 3.63) is 35.9 Å². The number of hydrogen-bond donors (Lipinski definition) is 0. The van der Waals surface area contributed by atoms with Crippen LogP contribution in [0.3, 0.4) is 0 Å². The van der Waals surface area contributed by atoms with Crippen LogP contribution in [0.25, 0.3) is 0 Å². The van der Waals surface area contributed by atoms with E-state index in [0.717, 1.165) is 5.56 Å². The van der Waals surface area contributed by atoms with Gasteiger partial charge in [-0.2, -0.15) is 0 Å². The van der Waals surface area contributed by atoms with Crippen molar-refractivity contribution in [1.82, 2.24) is 0 Å². The normalized spacial score (nSPS) is 10.9. The van der Waals surface area contributed by atoms with Gasteiger partial charge in [0.05, 0.1) is 6.42 Å². The molecule has 0 bridgehead atoms. The van der Waals surface area contributed by atoms with Crippen LogP contribution in [0.2, 0.25) is 0 Å². The largest absolute Gasteiger partial charge is 0.393 e. The molecule has 0 aliphatic carbocycles. The lowest BCUT2D eigenvalue weighted by molar-refractivity contribution is -0.158. The van der Waals surface area contributed by atoms with E-state index in [1.165, 1.54) is 6.92 Å². The van der Waals surface area contributed by atoms with Crippen molar-refractivity contribution in [2.75, 3.05) is 0 Å². The van der Waals surface area contributed by atoms with Gasteiger partial charge in [0.25, 0.3) is 0 Å². The number of hydrogen-bond acceptors (Lipinski definition) is 3. The van der Waals surface area contributed by atoms with E-state index in [2.05, 4.69) is 4.74 Å². The molecule has 0 spiro atoms. The van der Waals surface area contributed by atoms with Crippen molar-refractivity contribution in [2.24, 2.45) is 0 Å². The summed E-state index contributed by atoms with van der Waals surface area (Å²) in [5, 5.41) is 0. The van der Waals surface area contributed by atoms with Crippen LogP contribution in [0.15, 0.2) is 30.3 Å². The molecule has 3 nitrogen and oxygen atoms in total. The van der Waals surface area contributed by atoms with Gasteiger partial charge in [0.2, 0.25) is 0 Å². The molecule has 3 heteroatoms. The molecule has 0 saturated heterocycles. The van der Waals surface area contributed by atoms with E-state index in [9.17, 15) is 9.59 Å². The van der Waals surface area contributed by atoms with Crippen LogP contribution in [-0.4, -0.2) is 11.9 Å². The Morgan fingerprint density at radius 3 is 2.25 bits per heavy atom. The van der Waals surface area contributed by atoms with E-state index in [4.69, 9.17) is 0 Å². The molecule has 1 rings (SSSR count). The second kappa shape index (κ2) is 4.92. The van der Waals surface area contributed by atoms with Gasteiger partial charge in [0.1, 0.15) is 0 Å². The molecule has 0 heterocycles. The summed E-state index contributed by atoms with van der Waals surface area (Å²) in [5.41, 5.74) is 0.726. The maximum atomic E-state index is 11.4. The van der Waals surface area contributed by atoms with Crippen LogP contribution in [0.1, 0.15) is 32.8 Å². The zero-order valence-corrected chi connectivity index (χ0v) is 9.82. The first kappa shape index (κ1) is 12.4. The number of carbonyl (C=O) groups excluding carboxylic acids is 2. The van der Waals surface area contributed by atoms with Gasteiger partial charge in [-0.25, -0.2) is 0 Å². The van der Waals surface area contributed by atoms with Crippen molar-refractivity contribution < 1.29 is 14.3 Å². The molecule has 86 valence electrons. The lowest BCUT2D eigenvalue weighted by Crippen LogP contribution is -2.24. The molecule has 0 aliphatic rings. The zero-order chi connectivity index (χ0) is 12.2. The highest BCUT2D eigenvalue weighted by Gasteiger charge is 2.25. The van der Waals surface area contributed by atoms with Crippen LogP contribution in [-0.2, 0) is 19.7 Å². The Kier molecular flexibility index (Phi) is 3.82. The molecule has 1 aromatic carbocycles. The maximum Gasteiger partial charge on any atom is 0.314 e. The number of ether oxygens (including phenoxy) is 1. The second-order valence-electron chi connectivity index (χ2n) is 4.39. The van der Waals surface area contributed by atoms with Gasteiger partial charge in [0, 0.05) is 12.3 Å². The molecule has 0 fully saturated rings. The average molecular weight is 220 g/mol. The third-order valence-electron chi connectivity index (χ3n) is 2.40. The topological polar surface area (TPSA) is 43.4 Å². The lowest BCUT2D eigenvalue weighted by Gasteiger charge is -2.23. The quantitative estimate of drug-likeness (QED) is 0.580. The molecule has 0 saturated carbocycles. The number of carbonyl (C=O) groups is 2. The Morgan fingerprint density at radius 1 is 1.19 bits per heavy atom. The van der Waals surface area contributed by atoms with Crippen molar-refractivity contribution in [1.29, 1.82) is 0 Å². The molecule has 16 heavy (non-hydrogen) atoms. The monoisotopic (exact) mass is 220 g/mol. The van der Waals surface area contributed by atoms with E-state index in [-0.39, 0.29) is 11.8 Å². The number of esters is 2. The van der Waals surface area contributed by atoms with Crippen LogP contribution >= 0.6 is 0 Å². The Morgan fingerprint density at radius 2 is 1.75 bits per heavy atom. The van der Waals surface area contributed by atoms with Gasteiger partial charge in [0.15, 0.2) is 0 Å². The van der Waals surface area contributed by atoms with E-state index < -0.39 is 11.9 Å². The molecule has 0 aliphatic heterocycles. The minimum Gasteiger partial charge on any atom is -0.393 e. The van der Waals surface area contributed by atoms with Gasteiger partial charge >= 0.3 is 11.9 Å². The van der Waals surface area contributed by atoms with Gasteiger partial charge < -0.3 is 4.74 Å². The Bertz CT molecular complexity index is 379. The molecule has 0 unspecified atom stereocenters. The fourth-order valence-corrected chi connectivity index (χ4v) is 1.55. The third kappa shape index (κ3) is 3.50. The molecule has 1 aromatic rings. The summed E-state index contributed by atoms with van der Waals surface area (Å²) >= 11 is 0. The summed E-state index contributed by atoms with van der Waals surface area (Å²) in [7, 11) is 0. The SMILES string of the molecule is CC(=O)OC(=O)CC(C)(C)c1ccccc1. The van der Waals surface area contributed by atoms with E-state index in [1.54, 1.807) is 0 Å².